The molecule has 0 unspecified atom stereocenters. The van der Waals surface area contributed by atoms with Gasteiger partial charge < -0.3 is 4.57 Å². The molecule has 3 nitrogen and oxygen atoms in total. The maximum atomic E-state index is 15.4. The highest BCUT2D eigenvalue weighted by atomic mass is 31.2. The molecule has 9 aromatic rings. The summed E-state index contributed by atoms with van der Waals surface area (Å²) in [7, 11) is -3.15. The SMILES string of the molecule is C/C=C\C=C/c1cnc2c3ccc(-c4ccc(-c5cccc6c(P(=O)(c7ccccc7)c7ccccc7)cccc56)cc4)cc3c3ccccc3n12. The zero-order chi connectivity index (χ0) is 35.1. The van der Waals surface area contributed by atoms with Crippen LogP contribution in [0.2, 0.25) is 0 Å². The topological polar surface area (TPSA) is 34.4 Å². The van der Waals surface area contributed by atoms with E-state index in [1.807, 2.05) is 98.1 Å². The molecule has 4 heteroatoms. The summed E-state index contributed by atoms with van der Waals surface area (Å²) in [5, 5.41) is 8.12. The Bertz CT molecular complexity index is 2830. The maximum absolute atomic E-state index is 15.4. The van der Waals surface area contributed by atoms with Crippen LogP contribution >= 0.6 is 7.14 Å². The van der Waals surface area contributed by atoms with Crippen molar-refractivity contribution in [1.82, 2.24) is 9.38 Å². The van der Waals surface area contributed by atoms with Gasteiger partial charge in [0.2, 0.25) is 0 Å². The van der Waals surface area contributed by atoms with Crippen molar-refractivity contribution in [2.24, 2.45) is 0 Å². The molecule has 2 heterocycles. The van der Waals surface area contributed by atoms with Crippen molar-refractivity contribution in [3.63, 3.8) is 0 Å². The largest absolute Gasteiger partial charge is 0.309 e. The number of fused-ring (bicyclic) bond motifs is 7. The Labute approximate surface area is 303 Å². The molecule has 0 fully saturated rings. The quantitative estimate of drug-likeness (QED) is 0.0950. The molecular formula is C48H35N2OP. The molecule has 0 bridgehead atoms. The number of allylic oxidation sites excluding steroid dienone is 3. The Morgan fingerprint density at radius 1 is 0.538 bits per heavy atom. The van der Waals surface area contributed by atoms with E-state index in [0.717, 1.165) is 71.2 Å². The Hall–Kier alpha value is -6.28. The number of nitrogens with zero attached hydrogens (tertiary/aromatic N) is 2. The molecule has 0 radical (unpaired) electrons. The molecule has 0 saturated carbocycles. The molecule has 0 N–H and O–H groups in total. The number of aromatic nitrogens is 2. The molecule has 9 rings (SSSR count). The third-order valence-corrected chi connectivity index (χ3v) is 13.2. The van der Waals surface area contributed by atoms with Crippen LogP contribution in [0.1, 0.15) is 12.6 Å². The van der Waals surface area contributed by atoms with Crippen LogP contribution in [-0.4, -0.2) is 9.38 Å². The Morgan fingerprint density at radius 3 is 1.92 bits per heavy atom. The van der Waals surface area contributed by atoms with Crippen LogP contribution in [0.4, 0.5) is 0 Å². The van der Waals surface area contributed by atoms with Crippen molar-refractivity contribution in [1.29, 1.82) is 0 Å². The lowest BCUT2D eigenvalue weighted by atomic mass is 9.95. The first-order valence-corrected chi connectivity index (χ1v) is 19.3. The third kappa shape index (κ3) is 5.21. The first-order chi connectivity index (χ1) is 25.6. The number of hydrogen-bond donors (Lipinski definition) is 0. The molecule has 0 atom stereocenters. The molecule has 0 aliphatic heterocycles. The molecule has 248 valence electrons. The summed E-state index contributed by atoms with van der Waals surface area (Å²) in [4.78, 5) is 4.87. The van der Waals surface area contributed by atoms with Gasteiger partial charge >= 0.3 is 0 Å². The van der Waals surface area contributed by atoms with E-state index < -0.39 is 7.14 Å². The fraction of sp³-hybridized carbons (Fsp3) is 0.0208. The van der Waals surface area contributed by atoms with E-state index in [2.05, 4.69) is 108 Å². The van der Waals surface area contributed by atoms with E-state index >= 15 is 4.57 Å². The molecular weight excluding hydrogens is 652 g/mol. The minimum atomic E-state index is -3.15. The predicted molar refractivity (Wildman–Crippen MR) is 222 cm³/mol. The van der Waals surface area contributed by atoms with E-state index in [1.165, 1.54) is 10.8 Å². The second kappa shape index (κ2) is 13.1. The first kappa shape index (κ1) is 31.7. The molecule has 52 heavy (non-hydrogen) atoms. The van der Waals surface area contributed by atoms with Gasteiger partial charge in [-0.1, -0.05) is 164 Å². The number of pyridine rings is 1. The fourth-order valence-electron chi connectivity index (χ4n) is 7.59. The molecule has 0 spiro atoms. The summed E-state index contributed by atoms with van der Waals surface area (Å²) < 4.78 is 17.6. The van der Waals surface area contributed by atoms with E-state index in [1.54, 1.807) is 0 Å². The van der Waals surface area contributed by atoms with Gasteiger partial charge in [0.1, 0.15) is 5.65 Å². The second-order valence-electron chi connectivity index (χ2n) is 13.0. The summed E-state index contributed by atoms with van der Waals surface area (Å²) in [5.41, 5.74) is 7.67. The summed E-state index contributed by atoms with van der Waals surface area (Å²) in [6.45, 7) is 2.02. The Balaban J connectivity index is 1.14. The lowest BCUT2D eigenvalue weighted by Gasteiger charge is -2.22. The van der Waals surface area contributed by atoms with Gasteiger partial charge in [-0.15, -0.1) is 0 Å². The molecule has 2 aromatic heterocycles. The van der Waals surface area contributed by atoms with Crippen LogP contribution in [0, 0.1) is 0 Å². The van der Waals surface area contributed by atoms with E-state index in [4.69, 9.17) is 4.98 Å². The average molecular weight is 687 g/mol. The van der Waals surface area contributed by atoms with Gasteiger partial charge in [-0.25, -0.2) is 4.98 Å². The van der Waals surface area contributed by atoms with Gasteiger partial charge in [-0.2, -0.15) is 0 Å². The molecule has 0 saturated heterocycles. The van der Waals surface area contributed by atoms with Crippen molar-refractivity contribution in [3.05, 3.63) is 194 Å². The van der Waals surface area contributed by atoms with Crippen molar-refractivity contribution < 1.29 is 4.57 Å². The van der Waals surface area contributed by atoms with Crippen LogP contribution in [-0.2, 0) is 4.57 Å². The standard InChI is InChI=1S/C48H35N2OP/c1-2-3-6-15-37-33-49-48-44-31-30-36(32-45(44)42-20-11-12-24-46(42)50(37)48)34-26-28-35(29-27-34)40-21-13-23-43-41(40)22-14-25-47(43)52(51,38-16-7-4-8-17-38)39-18-9-5-10-19-39/h2-33H,1H3/b3-2-,15-6-. The summed E-state index contributed by atoms with van der Waals surface area (Å²) >= 11 is 0. The number of hydrogen-bond acceptors (Lipinski definition) is 2. The average Bonchev–Trinajstić information content (AvgIpc) is 3.65. The van der Waals surface area contributed by atoms with Crippen LogP contribution in [0.3, 0.4) is 0 Å². The van der Waals surface area contributed by atoms with Gasteiger partial charge in [0.05, 0.1) is 17.4 Å². The molecule has 0 amide bonds. The fourth-order valence-corrected chi connectivity index (χ4v) is 10.5. The Kier molecular flexibility index (Phi) is 7.99. The monoisotopic (exact) mass is 686 g/mol. The second-order valence-corrected chi connectivity index (χ2v) is 15.8. The predicted octanol–water partition coefficient (Wildman–Crippen LogP) is 11.4. The smallest absolute Gasteiger partial charge is 0.171 e. The van der Waals surface area contributed by atoms with Crippen molar-refractivity contribution >= 4 is 67.2 Å². The minimum Gasteiger partial charge on any atom is -0.309 e. The summed E-state index contributed by atoms with van der Waals surface area (Å²) in [6, 6.07) is 56.5. The lowest BCUT2D eigenvalue weighted by molar-refractivity contribution is 0.592. The van der Waals surface area contributed by atoms with Gasteiger partial charge in [0.15, 0.2) is 7.14 Å². The van der Waals surface area contributed by atoms with E-state index in [9.17, 15) is 0 Å². The van der Waals surface area contributed by atoms with E-state index in [0.29, 0.717) is 0 Å². The highest BCUT2D eigenvalue weighted by Crippen LogP contribution is 2.45. The Morgan fingerprint density at radius 2 is 1.17 bits per heavy atom. The number of benzene rings is 7. The molecule has 7 aromatic carbocycles. The zero-order valence-electron chi connectivity index (χ0n) is 28.7. The van der Waals surface area contributed by atoms with Crippen LogP contribution in [0.5, 0.6) is 0 Å². The van der Waals surface area contributed by atoms with Crippen LogP contribution in [0.15, 0.2) is 188 Å². The summed E-state index contributed by atoms with van der Waals surface area (Å²) in [6.07, 6.45) is 10.2. The lowest BCUT2D eigenvalue weighted by Crippen LogP contribution is -2.25. The highest BCUT2D eigenvalue weighted by molar-refractivity contribution is 7.85. The number of para-hydroxylation sites is 1. The van der Waals surface area contributed by atoms with E-state index in [-0.39, 0.29) is 0 Å². The zero-order valence-corrected chi connectivity index (χ0v) is 29.6. The number of rotatable bonds is 7. The number of imidazole rings is 1. The third-order valence-electron chi connectivity index (χ3n) is 10.1. The van der Waals surface area contributed by atoms with Crippen molar-refractivity contribution in [3.8, 4) is 22.3 Å². The summed E-state index contributed by atoms with van der Waals surface area (Å²) in [5.74, 6) is 0. The van der Waals surface area contributed by atoms with Gasteiger partial charge in [0.25, 0.3) is 0 Å². The molecule has 0 aliphatic carbocycles. The maximum Gasteiger partial charge on any atom is 0.171 e. The minimum absolute atomic E-state index is 0.835. The van der Waals surface area contributed by atoms with Crippen molar-refractivity contribution in [2.75, 3.05) is 0 Å². The first-order valence-electron chi connectivity index (χ1n) is 17.6. The molecule has 0 aliphatic rings. The van der Waals surface area contributed by atoms with Gasteiger partial charge in [-0.3, -0.25) is 4.40 Å². The highest BCUT2D eigenvalue weighted by Gasteiger charge is 2.31. The van der Waals surface area contributed by atoms with Crippen LogP contribution in [0.25, 0.3) is 66.4 Å². The van der Waals surface area contributed by atoms with Crippen LogP contribution < -0.4 is 15.9 Å². The van der Waals surface area contributed by atoms with Gasteiger partial charge in [-0.05, 0) is 69.6 Å². The normalized spacial score (nSPS) is 12.2. The van der Waals surface area contributed by atoms with Gasteiger partial charge in [0, 0.05) is 26.7 Å². The van der Waals surface area contributed by atoms with Crippen molar-refractivity contribution in [2.45, 2.75) is 6.92 Å².